The second-order valence-corrected chi connectivity index (χ2v) is 8.85. The Balaban J connectivity index is 1.70. The molecule has 0 aliphatic heterocycles. The van der Waals surface area contributed by atoms with E-state index in [0.29, 0.717) is 39.9 Å². The Kier molecular flexibility index (Phi) is 3.44. The molecule has 4 fully saturated rings. The number of aromatic nitrogens is 1. The van der Waals surface area contributed by atoms with Crippen molar-refractivity contribution in [2.45, 2.75) is 50.1 Å². The number of primary amides is 1. The summed E-state index contributed by atoms with van der Waals surface area (Å²) >= 11 is 0. The first-order valence-electron chi connectivity index (χ1n) is 9.56. The van der Waals surface area contributed by atoms with Crippen molar-refractivity contribution >= 4 is 16.8 Å². The highest BCUT2D eigenvalue weighted by Gasteiger charge is 2.53. The maximum Gasteiger partial charge on any atom is 0.416 e. The Morgan fingerprint density at radius 1 is 1.04 bits per heavy atom. The number of amides is 1. The van der Waals surface area contributed by atoms with Crippen molar-refractivity contribution in [2.24, 2.45) is 23.5 Å². The summed E-state index contributed by atoms with van der Waals surface area (Å²) in [5.74, 6) is 1.36. The molecule has 2 N–H and O–H groups in total. The Morgan fingerprint density at radius 2 is 1.63 bits per heavy atom. The van der Waals surface area contributed by atoms with Crippen molar-refractivity contribution in [3.05, 3.63) is 41.1 Å². The quantitative estimate of drug-likeness (QED) is 0.819. The molecule has 1 amide bonds. The Labute approximate surface area is 155 Å². The summed E-state index contributed by atoms with van der Waals surface area (Å²) in [5.41, 5.74) is 6.05. The molecule has 4 aliphatic rings. The van der Waals surface area contributed by atoms with Crippen LogP contribution in [0.25, 0.3) is 10.9 Å². The number of hydrogen-bond donors (Lipinski definition) is 1. The second-order valence-electron chi connectivity index (χ2n) is 8.85. The van der Waals surface area contributed by atoms with Crippen LogP contribution >= 0.6 is 0 Å². The molecule has 6 rings (SSSR count). The number of carbonyl (C=O) groups excluding carboxylic acids is 1. The van der Waals surface area contributed by atoms with Gasteiger partial charge < -0.3 is 5.73 Å². The van der Waals surface area contributed by atoms with Crippen molar-refractivity contribution in [3.63, 3.8) is 0 Å². The van der Waals surface area contributed by atoms with Crippen LogP contribution in [0.15, 0.2) is 24.3 Å². The molecule has 0 unspecified atom stereocenters. The number of hydrogen-bond acceptors (Lipinski definition) is 2. The maximum absolute atomic E-state index is 13.1. The monoisotopic (exact) mass is 374 g/mol. The minimum atomic E-state index is -4.42. The van der Waals surface area contributed by atoms with Crippen molar-refractivity contribution in [3.8, 4) is 0 Å². The average Bonchev–Trinajstić information content (AvgIpc) is 2.58. The lowest BCUT2D eigenvalue weighted by molar-refractivity contribution is -0.137. The van der Waals surface area contributed by atoms with E-state index >= 15 is 0 Å². The van der Waals surface area contributed by atoms with Gasteiger partial charge in [0.05, 0.1) is 22.3 Å². The Hall–Kier alpha value is -2.11. The van der Waals surface area contributed by atoms with Crippen LogP contribution < -0.4 is 5.73 Å². The lowest BCUT2D eigenvalue weighted by atomic mass is 9.48. The average molecular weight is 374 g/mol. The smallest absolute Gasteiger partial charge is 0.366 e. The number of nitrogens with zero attached hydrogens (tertiary/aromatic N) is 1. The first kappa shape index (κ1) is 17.0. The molecule has 1 heterocycles. The van der Waals surface area contributed by atoms with Gasteiger partial charge in [0.2, 0.25) is 0 Å². The summed E-state index contributed by atoms with van der Waals surface area (Å²) in [5, 5.41) is 0.519. The number of nitrogens with two attached hydrogens (primary N) is 1. The standard InChI is InChI=1S/C21H21F3N2O/c22-21(23,24)15-2-1-14-6-16(19(25)27)18(26-17(14)7-15)20-8-11-3-12(9-20)5-13(4-11)10-20/h1-2,6-7,11-13H,3-5,8-10H2,(H2,25,27). The minimum absolute atomic E-state index is 0.207. The van der Waals surface area contributed by atoms with Crippen LogP contribution in [0.2, 0.25) is 0 Å². The molecule has 4 bridgehead atoms. The largest absolute Gasteiger partial charge is 0.416 e. The zero-order valence-electron chi connectivity index (χ0n) is 14.9. The fourth-order valence-corrected chi connectivity index (χ4v) is 6.34. The van der Waals surface area contributed by atoms with E-state index in [1.807, 2.05) is 0 Å². The zero-order valence-corrected chi connectivity index (χ0v) is 14.9. The number of fused-ring (bicyclic) bond motifs is 1. The third-order valence-corrected chi connectivity index (χ3v) is 6.95. The lowest BCUT2D eigenvalue weighted by Crippen LogP contribution is -2.49. The van der Waals surface area contributed by atoms with Crippen molar-refractivity contribution in [1.82, 2.24) is 4.98 Å². The number of pyridine rings is 1. The molecule has 2 aromatic rings. The van der Waals surface area contributed by atoms with Crippen LogP contribution in [-0.2, 0) is 11.6 Å². The summed E-state index contributed by atoms with van der Waals surface area (Å²) in [6.07, 6.45) is 2.19. The topological polar surface area (TPSA) is 56.0 Å². The van der Waals surface area contributed by atoms with Crippen LogP contribution in [-0.4, -0.2) is 10.9 Å². The molecule has 0 saturated heterocycles. The third kappa shape index (κ3) is 2.64. The summed E-state index contributed by atoms with van der Waals surface area (Å²) in [7, 11) is 0. The summed E-state index contributed by atoms with van der Waals surface area (Å²) in [6, 6.07) is 5.13. The van der Waals surface area contributed by atoms with Gasteiger partial charge in [-0.25, -0.2) is 0 Å². The molecule has 0 radical (unpaired) electrons. The predicted molar refractivity (Wildman–Crippen MR) is 95.1 cm³/mol. The fourth-order valence-electron chi connectivity index (χ4n) is 6.34. The first-order valence-corrected chi connectivity index (χ1v) is 9.56. The van der Waals surface area contributed by atoms with Gasteiger partial charge in [0.1, 0.15) is 0 Å². The summed E-state index contributed by atoms with van der Waals surface area (Å²) in [6.45, 7) is 0. The number of carbonyl (C=O) groups is 1. The number of rotatable bonds is 2. The highest BCUT2D eigenvalue weighted by Crippen LogP contribution is 2.60. The first-order chi connectivity index (χ1) is 12.7. The minimum Gasteiger partial charge on any atom is -0.366 e. The maximum atomic E-state index is 13.1. The van der Waals surface area contributed by atoms with E-state index in [4.69, 9.17) is 5.73 Å². The van der Waals surface area contributed by atoms with E-state index in [1.54, 1.807) is 6.07 Å². The van der Waals surface area contributed by atoms with Crippen molar-refractivity contribution in [2.75, 3.05) is 0 Å². The van der Waals surface area contributed by atoms with E-state index < -0.39 is 17.6 Å². The molecular formula is C21H21F3N2O. The third-order valence-electron chi connectivity index (χ3n) is 6.95. The van der Waals surface area contributed by atoms with Gasteiger partial charge in [-0.15, -0.1) is 0 Å². The van der Waals surface area contributed by atoms with Gasteiger partial charge in [-0.1, -0.05) is 6.07 Å². The molecule has 27 heavy (non-hydrogen) atoms. The molecular weight excluding hydrogens is 353 g/mol. The van der Waals surface area contributed by atoms with Gasteiger partial charge in [0, 0.05) is 10.8 Å². The molecule has 1 aromatic heterocycles. The Bertz CT molecular complexity index is 915. The highest BCUT2D eigenvalue weighted by molar-refractivity contribution is 5.98. The van der Waals surface area contributed by atoms with E-state index in [1.165, 1.54) is 25.3 Å². The molecule has 4 saturated carbocycles. The number of alkyl halides is 3. The van der Waals surface area contributed by atoms with Gasteiger partial charge in [0.25, 0.3) is 5.91 Å². The van der Waals surface area contributed by atoms with Gasteiger partial charge in [-0.05, 0) is 74.5 Å². The number of halogens is 3. The Morgan fingerprint density at radius 3 is 2.15 bits per heavy atom. The van der Waals surface area contributed by atoms with E-state index in [9.17, 15) is 18.0 Å². The molecule has 1 aromatic carbocycles. The van der Waals surface area contributed by atoms with Crippen LogP contribution in [0.3, 0.4) is 0 Å². The van der Waals surface area contributed by atoms with Gasteiger partial charge >= 0.3 is 6.18 Å². The van der Waals surface area contributed by atoms with E-state index in [2.05, 4.69) is 4.98 Å². The van der Waals surface area contributed by atoms with Crippen LogP contribution in [0.4, 0.5) is 13.2 Å². The zero-order chi connectivity index (χ0) is 19.0. The predicted octanol–water partition coefficient (Wildman–Crippen LogP) is 4.82. The lowest BCUT2D eigenvalue weighted by Gasteiger charge is -2.56. The van der Waals surface area contributed by atoms with Crippen molar-refractivity contribution in [1.29, 1.82) is 0 Å². The van der Waals surface area contributed by atoms with Crippen molar-refractivity contribution < 1.29 is 18.0 Å². The van der Waals surface area contributed by atoms with E-state index in [0.717, 1.165) is 31.4 Å². The van der Waals surface area contributed by atoms with Crippen LogP contribution in [0.1, 0.15) is 60.1 Å². The molecule has 0 atom stereocenters. The van der Waals surface area contributed by atoms with Crippen LogP contribution in [0, 0.1) is 17.8 Å². The van der Waals surface area contributed by atoms with Gasteiger partial charge in [-0.3, -0.25) is 9.78 Å². The molecule has 4 aliphatic carbocycles. The fraction of sp³-hybridized carbons (Fsp3) is 0.524. The molecule has 142 valence electrons. The second kappa shape index (κ2) is 5.46. The molecule has 6 heteroatoms. The molecule has 0 spiro atoms. The summed E-state index contributed by atoms with van der Waals surface area (Å²) in [4.78, 5) is 16.8. The normalized spacial score (nSPS) is 32.2. The number of benzene rings is 1. The highest BCUT2D eigenvalue weighted by atomic mass is 19.4. The van der Waals surface area contributed by atoms with Gasteiger partial charge in [0.15, 0.2) is 0 Å². The van der Waals surface area contributed by atoms with Crippen LogP contribution in [0.5, 0.6) is 0 Å². The molecule has 3 nitrogen and oxygen atoms in total. The van der Waals surface area contributed by atoms with E-state index in [-0.39, 0.29) is 5.41 Å². The SMILES string of the molecule is NC(=O)c1cc2ccc(C(F)(F)F)cc2nc1C12CC3CC(CC(C3)C1)C2. The summed E-state index contributed by atoms with van der Waals surface area (Å²) < 4.78 is 39.4. The van der Waals surface area contributed by atoms with Gasteiger partial charge in [-0.2, -0.15) is 13.2 Å².